The van der Waals surface area contributed by atoms with Crippen molar-refractivity contribution >= 4 is 28.8 Å². The summed E-state index contributed by atoms with van der Waals surface area (Å²) in [5.74, 6) is -0.783. The quantitative estimate of drug-likeness (QED) is 0.484. The van der Waals surface area contributed by atoms with E-state index in [0.29, 0.717) is 0 Å². The van der Waals surface area contributed by atoms with E-state index < -0.39 is 5.91 Å². The monoisotopic (exact) mass is 364 g/mol. The number of nitrogens with one attached hydrogen (secondary N) is 1. The number of rotatable bonds is 5. The molecule has 0 bridgehead atoms. The summed E-state index contributed by atoms with van der Waals surface area (Å²) in [4.78, 5) is 23.9. The number of carbonyl (C=O) groups excluding carboxylic acids is 2. The highest BCUT2D eigenvalue weighted by Crippen LogP contribution is 2.24. The molecule has 1 aromatic heterocycles. The van der Waals surface area contributed by atoms with Crippen molar-refractivity contribution in [1.82, 2.24) is 9.88 Å². The fraction of sp³-hybridized carbons (Fsp3) is 0.381. The van der Waals surface area contributed by atoms with Crippen LogP contribution in [0.5, 0.6) is 0 Å². The summed E-state index contributed by atoms with van der Waals surface area (Å²) < 4.78 is 1.74. The molecule has 0 spiro atoms. The van der Waals surface area contributed by atoms with Crippen LogP contribution in [0.4, 0.5) is 0 Å². The molecule has 1 aliphatic carbocycles. The van der Waals surface area contributed by atoms with E-state index in [1.54, 1.807) is 16.8 Å². The van der Waals surface area contributed by atoms with Crippen molar-refractivity contribution in [2.45, 2.75) is 51.1 Å². The first-order chi connectivity index (χ1) is 13.1. The van der Waals surface area contributed by atoms with Crippen LogP contribution in [0.15, 0.2) is 36.0 Å². The van der Waals surface area contributed by atoms with Crippen LogP contribution in [-0.2, 0) is 16.1 Å². The van der Waals surface area contributed by atoms with Crippen LogP contribution in [0.1, 0.15) is 44.1 Å². The molecule has 3 rings (SSSR count). The maximum Gasteiger partial charge on any atom is 0.262 e. The third-order valence-electron chi connectivity index (χ3n) is 5.00. The van der Waals surface area contributed by atoms with E-state index in [0.717, 1.165) is 42.1 Å². The first-order valence-corrected chi connectivity index (χ1v) is 9.37. The van der Waals surface area contributed by atoms with E-state index in [9.17, 15) is 14.9 Å². The second-order valence-electron chi connectivity index (χ2n) is 7.03. The van der Waals surface area contributed by atoms with Crippen molar-refractivity contribution in [2.75, 3.05) is 0 Å². The fourth-order valence-corrected chi connectivity index (χ4v) is 3.68. The van der Waals surface area contributed by atoms with Gasteiger partial charge in [0.2, 0.25) is 5.91 Å². The van der Waals surface area contributed by atoms with Gasteiger partial charge < -0.3 is 15.6 Å². The van der Waals surface area contributed by atoms with Crippen molar-refractivity contribution in [3.63, 3.8) is 0 Å². The number of primary amides is 1. The Balaban J connectivity index is 1.87. The molecule has 0 unspecified atom stereocenters. The number of fused-ring (bicyclic) bond motifs is 1. The molecular formula is C21H24N4O2. The van der Waals surface area contributed by atoms with E-state index in [4.69, 9.17) is 5.73 Å². The molecule has 1 heterocycles. The maximum absolute atomic E-state index is 12.6. The summed E-state index contributed by atoms with van der Waals surface area (Å²) in [5, 5.41) is 13.4. The second kappa shape index (κ2) is 8.54. The predicted octanol–water partition coefficient (Wildman–Crippen LogP) is 2.87. The van der Waals surface area contributed by atoms with Crippen LogP contribution in [0.3, 0.4) is 0 Å². The Hall–Kier alpha value is -3.07. The zero-order valence-corrected chi connectivity index (χ0v) is 15.3. The van der Waals surface area contributed by atoms with Gasteiger partial charge in [-0.2, -0.15) is 5.26 Å². The molecule has 140 valence electrons. The first kappa shape index (κ1) is 18.7. The number of hydrogen-bond acceptors (Lipinski definition) is 3. The molecule has 0 radical (unpaired) electrons. The number of nitrogens with two attached hydrogens (primary N) is 1. The summed E-state index contributed by atoms with van der Waals surface area (Å²) in [5.41, 5.74) is 6.95. The Morgan fingerprint density at radius 2 is 1.93 bits per heavy atom. The molecule has 6 nitrogen and oxygen atoms in total. The van der Waals surface area contributed by atoms with Crippen molar-refractivity contribution in [3.8, 4) is 6.07 Å². The minimum atomic E-state index is -0.446. The summed E-state index contributed by atoms with van der Waals surface area (Å²) in [6, 6.07) is 9.69. The third kappa shape index (κ3) is 4.56. The minimum Gasteiger partial charge on any atom is -0.368 e. The van der Waals surface area contributed by atoms with Crippen molar-refractivity contribution in [2.24, 2.45) is 5.73 Å². The van der Waals surface area contributed by atoms with Crippen LogP contribution >= 0.6 is 0 Å². The van der Waals surface area contributed by atoms with Gasteiger partial charge in [-0.05, 0) is 25.0 Å². The highest BCUT2D eigenvalue weighted by atomic mass is 16.2. The van der Waals surface area contributed by atoms with Gasteiger partial charge in [0.25, 0.3) is 5.91 Å². The Morgan fingerprint density at radius 1 is 1.22 bits per heavy atom. The van der Waals surface area contributed by atoms with Gasteiger partial charge in [0.15, 0.2) is 0 Å². The summed E-state index contributed by atoms with van der Waals surface area (Å²) >= 11 is 0. The topological polar surface area (TPSA) is 101 Å². The Kier molecular flexibility index (Phi) is 5.92. The highest BCUT2D eigenvalue weighted by molar-refractivity contribution is 6.04. The number of aromatic nitrogens is 1. The molecule has 0 aliphatic heterocycles. The summed E-state index contributed by atoms with van der Waals surface area (Å²) in [6.07, 6.45) is 9.88. The number of hydrogen-bond donors (Lipinski definition) is 2. The van der Waals surface area contributed by atoms with Crippen LogP contribution in [0, 0.1) is 11.3 Å². The lowest BCUT2D eigenvalue weighted by Gasteiger charge is -2.15. The number of nitrogens with zero attached hydrogens (tertiary/aromatic N) is 2. The molecule has 27 heavy (non-hydrogen) atoms. The zero-order valence-electron chi connectivity index (χ0n) is 15.3. The SMILES string of the molecule is N#C/C(=C\c1cn(CC(N)=O)c2ccccc12)C(=O)NC1CCCCCC1. The van der Waals surface area contributed by atoms with Gasteiger partial charge in [-0.3, -0.25) is 9.59 Å². The molecule has 1 aromatic carbocycles. The van der Waals surface area contributed by atoms with Crippen LogP contribution < -0.4 is 11.1 Å². The number of amides is 2. The Labute approximate surface area is 158 Å². The molecule has 0 saturated heterocycles. The van der Waals surface area contributed by atoms with E-state index in [1.165, 1.54) is 12.8 Å². The van der Waals surface area contributed by atoms with Crippen LogP contribution in [0.25, 0.3) is 17.0 Å². The molecule has 6 heteroatoms. The second-order valence-corrected chi connectivity index (χ2v) is 7.03. The molecular weight excluding hydrogens is 340 g/mol. The van der Waals surface area contributed by atoms with E-state index >= 15 is 0 Å². The van der Waals surface area contributed by atoms with Crippen LogP contribution in [0.2, 0.25) is 0 Å². The number of benzene rings is 1. The van der Waals surface area contributed by atoms with E-state index in [-0.39, 0.29) is 24.1 Å². The number of carbonyl (C=O) groups is 2. The number of para-hydroxylation sites is 1. The normalized spacial score (nSPS) is 15.9. The highest BCUT2D eigenvalue weighted by Gasteiger charge is 2.18. The average Bonchev–Trinajstić information content (AvgIpc) is 2.81. The maximum atomic E-state index is 12.6. The van der Waals surface area contributed by atoms with Crippen molar-refractivity contribution in [3.05, 3.63) is 41.6 Å². The third-order valence-corrected chi connectivity index (χ3v) is 5.00. The lowest BCUT2D eigenvalue weighted by molar-refractivity contribution is -0.119. The molecule has 1 fully saturated rings. The van der Waals surface area contributed by atoms with Gasteiger partial charge in [0.1, 0.15) is 18.2 Å². The Morgan fingerprint density at radius 3 is 2.59 bits per heavy atom. The lowest BCUT2D eigenvalue weighted by Crippen LogP contribution is -2.35. The fourth-order valence-electron chi connectivity index (χ4n) is 3.68. The largest absolute Gasteiger partial charge is 0.368 e. The van der Waals surface area contributed by atoms with Gasteiger partial charge in [-0.25, -0.2) is 0 Å². The molecule has 2 aromatic rings. The number of nitriles is 1. The van der Waals surface area contributed by atoms with E-state index in [2.05, 4.69) is 5.32 Å². The van der Waals surface area contributed by atoms with E-state index in [1.807, 2.05) is 30.3 Å². The van der Waals surface area contributed by atoms with Crippen molar-refractivity contribution < 1.29 is 9.59 Å². The zero-order chi connectivity index (χ0) is 19.2. The Bertz CT molecular complexity index is 912. The van der Waals surface area contributed by atoms with Gasteiger partial charge in [-0.15, -0.1) is 0 Å². The first-order valence-electron chi connectivity index (χ1n) is 9.37. The standard InChI is InChI=1S/C21H24N4O2/c22-12-15(21(27)24-17-7-3-1-2-4-8-17)11-16-13-25(14-20(23)26)19-10-6-5-9-18(16)19/h5-6,9-11,13,17H,1-4,7-8,14H2,(H2,23,26)(H,24,27)/b15-11+. The van der Waals surface area contributed by atoms with Crippen molar-refractivity contribution in [1.29, 1.82) is 5.26 Å². The minimum absolute atomic E-state index is 0.0461. The van der Waals surface area contributed by atoms with Gasteiger partial charge in [0.05, 0.1) is 0 Å². The molecule has 3 N–H and O–H groups in total. The summed E-state index contributed by atoms with van der Waals surface area (Å²) in [6.45, 7) is 0.0461. The smallest absolute Gasteiger partial charge is 0.262 e. The molecule has 1 aliphatic rings. The van der Waals surface area contributed by atoms with Gasteiger partial charge in [0, 0.05) is 28.7 Å². The average molecular weight is 364 g/mol. The molecule has 1 saturated carbocycles. The van der Waals surface area contributed by atoms with Gasteiger partial charge in [-0.1, -0.05) is 43.9 Å². The lowest BCUT2D eigenvalue weighted by atomic mass is 10.1. The predicted molar refractivity (Wildman–Crippen MR) is 104 cm³/mol. The van der Waals surface area contributed by atoms with Gasteiger partial charge >= 0.3 is 0 Å². The molecule has 0 atom stereocenters. The summed E-state index contributed by atoms with van der Waals surface area (Å²) in [7, 11) is 0. The van der Waals surface area contributed by atoms with Crippen LogP contribution in [-0.4, -0.2) is 22.4 Å². The molecule has 2 amide bonds.